The van der Waals surface area contributed by atoms with Crippen LogP contribution in [0.25, 0.3) is 0 Å². The second-order valence-corrected chi connectivity index (χ2v) is 7.95. The van der Waals surface area contributed by atoms with Gasteiger partial charge in [-0.15, -0.1) is 0 Å². The first-order chi connectivity index (χ1) is 17.0. The molecule has 7 nitrogen and oxygen atoms in total. The van der Waals surface area contributed by atoms with Gasteiger partial charge in [-0.3, -0.25) is 9.59 Å². The molecule has 2 amide bonds. The maximum atomic E-state index is 13.3. The zero-order valence-corrected chi connectivity index (χ0v) is 19.9. The first-order valence-corrected chi connectivity index (χ1v) is 11.5. The van der Waals surface area contributed by atoms with Crippen molar-refractivity contribution in [2.24, 2.45) is 0 Å². The topological polar surface area (TPSA) is 93.7 Å². The van der Waals surface area contributed by atoms with E-state index in [4.69, 9.17) is 9.47 Å². The van der Waals surface area contributed by atoms with Crippen LogP contribution in [0, 0.1) is 0 Å². The van der Waals surface area contributed by atoms with E-state index < -0.39 is 24.0 Å². The number of methoxy groups -OCH3 is 1. The van der Waals surface area contributed by atoms with Gasteiger partial charge in [0.15, 0.2) is 0 Å². The molecule has 0 aromatic heterocycles. The van der Waals surface area contributed by atoms with E-state index in [0.717, 1.165) is 16.9 Å². The van der Waals surface area contributed by atoms with Crippen LogP contribution in [0.3, 0.4) is 0 Å². The van der Waals surface area contributed by atoms with Crippen LogP contribution in [0.15, 0.2) is 84.9 Å². The van der Waals surface area contributed by atoms with E-state index in [1.807, 2.05) is 67.6 Å². The Morgan fingerprint density at radius 2 is 1.31 bits per heavy atom. The number of benzene rings is 3. The van der Waals surface area contributed by atoms with Crippen molar-refractivity contribution >= 4 is 17.8 Å². The van der Waals surface area contributed by atoms with Crippen molar-refractivity contribution in [3.8, 4) is 5.75 Å². The summed E-state index contributed by atoms with van der Waals surface area (Å²) in [6.45, 7) is 2.45. The van der Waals surface area contributed by atoms with Crippen LogP contribution < -0.4 is 15.4 Å². The molecule has 0 radical (unpaired) electrons. The van der Waals surface area contributed by atoms with E-state index in [1.54, 1.807) is 24.3 Å². The van der Waals surface area contributed by atoms with Gasteiger partial charge in [-0.25, -0.2) is 4.79 Å². The fraction of sp³-hybridized carbons (Fsp3) is 0.250. The summed E-state index contributed by atoms with van der Waals surface area (Å²) in [4.78, 5) is 38.6. The zero-order valence-electron chi connectivity index (χ0n) is 19.9. The molecule has 35 heavy (non-hydrogen) atoms. The van der Waals surface area contributed by atoms with Crippen molar-refractivity contribution in [1.82, 2.24) is 10.6 Å². The lowest BCUT2D eigenvalue weighted by Crippen LogP contribution is -2.53. The minimum atomic E-state index is -0.913. The van der Waals surface area contributed by atoms with E-state index in [-0.39, 0.29) is 18.7 Å². The lowest BCUT2D eigenvalue weighted by atomic mass is 10.0. The number of esters is 1. The highest BCUT2D eigenvalue weighted by atomic mass is 16.5. The van der Waals surface area contributed by atoms with E-state index >= 15 is 0 Å². The van der Waals surface area contributed by atoms with E-state index in [1.165, 1.54) is 7.11 Å². The summed E-state index contributed by atoms with van der Waals surface area (Å²) in [7, 11) is 1.28. The lowest BCUT2D eigenvalue weighted by molar-refractivity contribution is -0.145. The fourth-order valence-electron chi connectivity index (χ4n) is 3.62. The molecule has 2 N–H and O–H groups in total. The average Bonchev–Trinajstić information content (AvgIpc) is 2.89. The van der Waals surface area contributed by atoms with Crippen LogP contribution in [-0.2, 0) is 27.2 Å². The maximum Gasteiger partial charge on any atom is 0.328 e. The third-order valence-electron chi connectivity index (χ3n) is 5.42. The summed E-state index contributed by atoms with van der Waals surface area (Å²) in [6.07, 6.45) is 0.498. The number of carbonyl (C=O) groups is 3. The van der Waals surface area contributed by atoms with Gasteiger partial charge in [-0.05, 0) is 42.3 Å². The van der Waals surface area contributed by atoms with Crippen molar-refractivity contribution in [3.05, 3.63) is 102 Å². The number of rotatable bonds is 11. The van der Waals surface area contributed by atoms with Crippen LogP contribution in [-0.4, -0.2) is 43.6 Å². The molecule has 0 unspecified atom stereocenters. The predicted molar refractivity (Wildman–Crippen MR) is 133 cm³/mol. The second-order valence-electron chi connectivity index (χ2n) is 7.95. The molecule has 0 saturated carbocycles. The zero-order chi connectivity index (χ0) is 25.0. The highest BCUT2D eigenvalue weighted by molar-refractivity contribution is 5.98. The molecule has 0 heterocycles. The molecule has 3 rings (SSSR count). The minimum absolute atomic E-state index is 0.232. The van der Waals surface area contributed by atoms with Crippen molar-refractivity contribution in [3.63, 3.8) is 0 Å². The number of hydrogen-bond donors (Lipinski definition) is 2. The standard InChI is InChI=1S/C28H30N2O5/c1-3-35-23-16-14-21(15-17-23)18-24(29-26(31)22-12-8-5-9-13-22)27(32)30-25(28(33)34-2)19-20-10-6-4-7-11-20/h4-17,24-25H,3,18-19H2,1-2H3,(H,29,31)(H,30,32)/t24-,25+/m1/s1. The summed E-state index contributed by atoms with van der Waals surface area (Å²) in [5, 5.41) is 5.59. The Hall–Kier alpha value is -4.13. The highest BCUT2D eigenvalue weighted by Gasteiger charge is 2.28. The van der Waals surface area contributed by atoms with Crippen molar-refractivity contribution in [2.75, 3.05) is 13.7 Å². The largest absolute Gasteiger partial charge is 0.494 e. The molecule has 2 atom stereocenters. The molecule has 3 aromatic rings. The summed E-state index contributed by atoms with van der Waals surface area (Å²) in [5.41, 5.74) is 2.14. The Balaban J connectivity index is 1.80. The summed E-state index contributed by atoms with van der Waals surface area (Å²) >= 11 is 0. The van der Waals surface area contributed by atoms with E-state index in [0.29, 0.717) is 12.2 Å². The van der Waals surface area contributed by atoms with Gasteiger partial charge in [-0.1, -0.05) is 60.7 Å². The summed E-state index contributed by atoms with van der Waals surface area (Å²) < 4.78 is 10.4. The molecule has 0 aliphatic carbocycles. The molecule has 7 heteroatoms. The molecular formula is C28H30N2O5. The van der Waals surface area contributed by atoms with Crippen molar-refractivity contribution in [1.29, 1.82) is 0 Å². The highest BCUT2D eigenvalue weighted by Crippen LogP contribution is 2.14. The molecule has 182 valence electrons. The number of amides is 2. The summed E-state index contributed by atoms with van der Waals surface area (Å²) in [5.74, 6) is -0.695. The molecule has 0 fully saturated rings. The van der Waals surface area contributed by atoms with Crippen LogP contribution in [0.4, 0.5) is 0 Å². The molecule has 0 aliphatic heterocycles. The first kappa shape index (κ1) is 25.5. The van der Waals surface area contributed by atoms with Gasteiger partial charge in [0.1, 0.15) is 17.8 Å². The van der Waals surface area contributed by atoms with Gasteiger partial charge in [0.05, 0.1) is 13.7 Å². The van der Waals surface area contributed by atoms with Gasteiger partial charge in [-0.2, -0.15) is 0 Å². The molecule has 0 bridgehead atoms. The van der Waals surface area contributed by atoms with E-state index in [9.17, 15) is 14.4 Å². The van der Waals surface area contributed by atoms with Crippen molar-refractivity contribution in [2.45, 2.75) is 31.8 Å². The third-order valence-corrected chi connectivity index (χ3v) is 5.42. The first-order valence-electron chi connectivity index (χ1n) is 11.5. The van der Waals surface area contributed by atoms with Gasteiger partial charge < -0.3 is 20.1 Å². The fourth-order valence-corrected chi connectivity index (χ4v) is 3.62. The lowest BCUT2D eigenvalue weighted by Gasteiger charge is -2.23. The normalized spacial score (nSPS) is 12.2. The third kappa shape index (κ3) is 7.71. The molecule has 0 aliphatic rings. The average molecular weight is 475 g/mol. The number of nitrogens with one attached hydrogen (secondary N) is 2. The Kier molecular flexibility index (Phi) is 9.42. The minimum Gasteiger partial charge on any atom is -0.494 e. The monoisotopic (exact) mass is 474 g/mol. The number of carbonyl (C=O) groups excluding carboxylic acids is 3. The van der Waals surface area contributed by atoms with Gasteiger partial charge in [0, 0.05) is 18.4 Å². The molecule has 0 saturated heterocycles. The van der Waals surface area contributed by atoms with E-state index in [2.05, 4.69) is 10.6 Å². The second kappa shape index (κ2) is 12.9. The summed E-state index contributed by atoms with van der Waals surface area (Å²) in [6, 6.07) is 23.5. The number of ether oxygens (including phenoxy) is 2. The van der Waals surface area contributed by atoms with Crippen LogP contribution >= 0.6 is 0 Å². The molecule has 0 spiro atoms. The maximum absolute atomic E-state index is 13.3. The van der Waals surface area contributed by atoms with Crippen LogP contribution in [0.5, 0.6) is 5.75 Å². The molecule has 3 aromatic carbocycles. The quantitative estimate of drug-likeness (QED) is 0.416. The van der Waals surface area contributed by atoms with Gasteiger partial charge in [0.25, 0.3) is 5.91 Å². The Morgan fingerprint density at radius 1 is 0.743 bits per heavy atom. The Labute approximate surface area is 205 Å². The van der Waals surface area contributed by atoms with Gasteiger partial charge >= 0.3 is 5.97 Å². The van der Waals surface area contributed by atoms with Gasteiger partial charge in [0.2, 0.25) is 5.91 Å². The smallest absolute Gasteiger partial charge is 0.328 e. The predicted octanol–water partition coefficient (Wildman–Crippen LogP) is 3.33. The van der Waals surface area contributed by atoms with Crippen molar-refractivity contribution < 1.29 is 23.9 Å². The van der Waals surface area contributed by atoms with Crippen LogP contribution in [0.2, 0.25) is 0 Å². The number of hydrogen-bond acceptors (Lipinski definition) is 5. The van der Waals surface area contributed by atoms with Crippen LogP contribution in [0.1, 0.15) is 28.4 Å². The Morgan fingerprint density at radius 3 is 1.91 bits per heavy atom. The molecular weight excluding hydrogens is 444 g/mol. The SMILES string of the molecule is CCOc1ccc(C[C@@H](NC(=O)c2ccccc2)C(=O)N[C@@H](Cc2ccccc2)C(=O)OC)cc1. The Bertz CT molecular complexity index is 1100.